The van der Waals surface area contributed by atoms with Gasteiger partial charge in [-0.3, -0.25) is 14.4 Å². The lowest BCUT2D eigenvalue weighted by Gasteiger charge is -2.44. The number of rotatable bonds is 6. The largest absolute Gasteiger partial charge is 0.493 e. The number of allylic oxidation sites excluding steroid dienone is 3. The average Bonchev–Trinajstić information content (AvgIpc) is 2.78. The molecule has 0 radical (unpaired) electrons. The van der Waals surface area contributed by atoms with Gasteiger partial charge in [-0.15, -0.1) is 0 Å². The van der Waals surface area contributed by atoms with Crippen LogP contribution >= 0.6 is 0 Å². The average molecular weight is 414 g/mol. The predicted molar refractivity (Wildman–Crippen MR) is 104 cm³/mol. The van der Waals surface area contributed by atoms with Crippen LogP contribution in [0.1, 0.15) is 11.5 Å². The molecule has 1 aromatic rings. The summed E-state index contributed by atoms with van der Waals surface area (Å²) in [6.45, 7) is 0. The second kappa shape index (κ2) is 8.52. The van der Waals surface area contributed by atoms with E-state index in [0.29, 0.717) is 22.6 Å². The topological polar surface area (TPSA) is 105 Å². The van der Waals surface area contributed by atoms with Gasteiger partial charge >= 0.3 is 11.9 Å². The van der Waals surface area contributed by atoms with E-state index in [1.54, 1.807) is 24.3 Å². The van der Waals surface area contributed by atoms with Gasteiger partial charge < -0.3 is 18.9 Å². The minimum Gasteiger partial charge on any atom is -0.493 e. The van der Waals surface area contributed by atoms with Crippen LogP contribution < -0.4 is 9.47 Å². The Hall–Kier alpha value is -3.42. The molecule has 8 heteroatoms. The number of ketones is 2. The van der Waals surface area contributed by atoms with Gasteiger partial charge in [-0.1, -0.05) is 18.2 Å². The van der Waals surface area contributed by atoms with E-state index in [4.69, 9.17) is 14.2 Å². The van der Waals surface area contributed by atoms with Crippen LogP contribution in [0.2, 0.25) is 0 Å². The second-order valence-electron chi connectivity index (χ2n) is 6.94. The van der Waals surface area contributed by atoms with Crippen LogP contribution in [0, 0.1) is 17.8 Å². The Morgan fingerprint density at radius 2 is 1.63 bits per heavy atom. The smallest absolute Gasteiger partial charge is 0.330 e. The fourth-order valence-electron chi connectivity index (χ4n) is 4.21. The highest BCUT2D eigenvalue weighted by Gasteiger charge is 2.57. The van der Waals surface area contributed by atoms with Crippen molar-refractivity contribution in [1.29, 1.82) is 0 Å². The molecule has 0 aliphatic heterocycles. The van der Waals surface area contributed by atoms with E-state index >= 15 is 0 Å². The summed E-state index contributed by atoms with van der Waals surface area (Å²) >= 11 is 0. The molecule has 0 N–H and O–H groups in total. The lowest BCUT2D eigenvalue weighted by molar-refractivity contribution is -0.157. The zero-order chi connectivity index (χ0) is 22.0. The van der Waals surface area contributed by atoms with Gasteiger partial charge in [0.2, 0.25) is 11.6 Å². The number of esters is 2. The van der Waals surface area contributed by atoms with Crippen LogP contribution in [0.25, 0.3) is 0 Å². The van der Waals surface area contributed by atoms with E-state index in [1.165, 1.54) is 34.5 Å². The number of hydrogen-bond acceptors (Lipinski definition) is 8. The number of Topliss-reactive ketones (excluding diaryl/α,β-unsaturated/α-hetero) is 2. The quantitative estimate of drug-likeness (QED) is 0.393. The van der Waals surface area contributed by atoms with Crippen LogP contribution in [0.4, 0.5) is 0 Å². The molecular weight excluding hydrogens is 392 g/mol. The molecule has 2 bridgehead atoms. The first kappa shape index (κ1) is 21.3. The number of carbonyl (C=O) groups is 4. The fraction of sp³-hybridized carbons (Fsp3) is 0.364. The van der Waals surface area contributed by atoms with E-state index in [0.717, 1.165) is 6.08 Å². The summed E-state index contributed by atoms with van der Waals surface area (Å²) in [7, 11) is 5.45. The van der Waals surface area contributed by atoms with Gasteiger partial charge in [0.05, 0.1) is 46.2 Å². The number of benzene rings is 1. The monoisotopic (exact) mass is 414 g/mol. The van der Waals surface area contributed by atoms with Crippen LogP contribution in [0.3, 0.4) is 0 Å². The molecule has 1 aromatic carbocycles. The van der Waals surface area contributed by atoms with E-state index < -0.39 is 47.2 Å². The van der Waals surface area contributed by atoms with Crippen molar-refractivity contribution in [1.82, 2.24) is 0 Å². The van der Waals surface area contributed by atoms with Crippen molar-refractivity contribution >= 4 is 23.5 Å². The Morgan fingerprint density at radius 3 is 2.23 bits per heavy atom. The summed E-state index contributed by atoms with van der Waals surface area (Å²) in [5.74, 6) is -4.99. The Kier molecular flexibility index (Phi) is 6.05. The SMILES string of the molecule is COC(=O)/C=C/C1=CC2C(=O)C(=O)C1C(C(=O)OC)C2c1ccc(OC)c(OC)c1. The molecular formula is C22H22O8. The summed E-state index contributed by atoms with van der Waals surface area (Å²) in [4.78, 5) is 49.7. The van der Waals surface area contributed by atoms with Gasteiger partial charge in [-0.05, 0) is 23.3 Å². The van der Waals surface area contributed by atoms with E-state index in [9.17, 15) is 19.2 Å². The van der Waals surface area contributed by atoms with Crippen molar-refractivity contribution in [2.75, 3.05) is 28.4 Å². The number of hydrogen-bond donors (Lipinski definition) is 0. The maximum absolute atomic E-state index is 12.7. The van der Waals surface area contributed by atoms with Crippen molar-refractivity contribution in [3.63, 3.8) is 0 Å². The van der Waals surface area contributed by atoms with Crippen molar-refractivity contribution in [3.05, 3.63) is 47.6 Å². The number of carbonyl (C=O) groups excluding carboxylic acids is 4. The summed E-state index contributed by atoms with van der Waals surface area (Å²) in [6, 6.07) is 5.10. The molecule has 8 nitrogen and oxygen atoms in total. The van der Waals surface area contributed by atoms with Gasteiger partial charge in [0, 0.05) is 12.0 Å². The molecule has 3 aliphatic carbocycles. The molecule has 0 aromatic heterocycles. The Labute approximate surface area is 173 Å². The maximum Gasteiger partial charge on any atom is 0.330 e. The number of fused-ring (bicyclic) bond motifs is 2. The fourth-order valence-corrected chi connectivity index (χ4v) is 4.21. The zero-order valence-corrected chi connectivity index (χ0v) is 17.0. The van der Waals surface area contributed by atoms with E-state index in [-0.39, 0.29) is 0 Å². The highest BCUT2D eigenvalue weighted by Crippen LogP contribution is 2.51. The first-order valence-corrected chi connectivity index (χ1v) is 9.23. The summed E-state index contributed by atoms with van der Waals surface area (Å²) in [5.41, 5.74) is 1.06. The first-order valence-electron chi connectivity index (χ1n) is 9.23. The Balaban J connectivity index is 2.14. The predicted octanol–water partition coefficient (Wildman–Crippen LogP) is 1.63. The zero-order valence-electron chi connectivity index (χ0n) is 17.0. The van der Waals surface area contributed by atoms with Gasteiger partial charge in [0.1, 0.15) is 0 Å². The molecule has 0 amide bonds. The molecule has 3 aliphatic rings. The lowest BCUT2D eigenvalue weighted by Crippen LogP contribution is -2.52. The standard InChI is InChI=1S/C22H22O8/c1-27-14-7-5-12(10-15(14)28-2)17-13-9-11(6-8-16(23)29-3)18(21(25)20(13)24)19(17)22(26)30-4/h5-10,13,17-19H,1-4H3/b8-6+. The number of ether oxygens (including phenoxy) is 4. The highest BCUT2D eigenvalue weighted by atomic mass is 16.5. The van der Waals surface area contributed by atoms with Crippen molar-refractivity contribution in [2.24, 2.45) is 17.8 Å². The van der Waals surface area contributed by atoms with E-state index in [2.05, 4.69) is 4.74 Å². The van der Waals surface area contributed by atoms with Crippen molar-refractivity contribution < 1.29 is 38.1 Å². The van der Waals surface area contributed by atoms with Crippen LogP contribution in [-0.2, 0) is 28.7 Å². The molecule has 1 fully saturated rings. The maximum atomic E-state index is 12.7. The molecule has 158 valence electrons. The van der Waals surface area contributed by atoms with Gasteiger partial charge in [-0.25, -0.2) is 4.79 Å². The summed E-state index contributed by atoms with van der Waals surface area (Å²) in [5, 5.41) is 0. The molecule has 30 heavy (non-hydrogen) atoms. The third-order valence-electron chi connectivity index (χ3n) is 5.57. The minimum absolute atomic E-state index is 0.419. The van der Waals surface area contributed by atoms with E-state index in [1.807, 2.05) is 0 Å². The molecule has 4 unspecified atom stereocenters. The van der Waals surface area contributed by atoms with Crippen LogP contribution in [0.5, 0.6) is 11.5 Å². The first-order chi connectivity index (χ1) is 14.4. The second-order valence-corrected chi connectivity index (χ2v) is 6.94. The normalized spacial score (nSPS) is 25.1. The lowest BCUT2D eigenvalue weighted by atomic mass is 9.56. The molecule has 0 spiro atoms. The van der Waals surface area contributed by atoms with Gasteiger partial charge in [0.25, 0.3) is 0 Å². The number of methoxy groups -OCH3 is 4. The molecule has 4 rings (SSSR count). The minimum atomic E-state index is -1.05. The van der Waals surface area contributed by atoms with Crippen LogP contribution in [-0.4, -0.2) is 51.9 Å². The van der Waals surface area contributed by atoms with Gasteiger partial charge in [0.15, 0.2) is 11.5 Å². The highest BCUT2D eigenvalue weighted by molar-refractivity contribution is 6.42. The third-order valence-corrected chi connectivity index (χ3v) is 5.57. The Morgan fingerprint density at radius 1 is 0.933 bits per heavy atom. The third kappa shape index (κ3) is 3.49. The van der Waals surface area contributed by atoms with Gasteiger partial charge in [-0.2, -0.15) is 0 Å². The van der Waals surface area contributed by atoms with Crippen molar-refractivity contribution in [2.45, 2.75) is 5.92 Å². The van der Waals surface area contributed by atoms with Crippen LogP contribution in [0.15, 0.2) is 42.0 Å². The molecule has 4 atom stereocenters. The Bertz CT molecular complexity index is 958. The summed E-state index contributed by atoms with van der Waals surface area (Å²) < 4.78 is 20.2. The summed E-state index contributed by atoms with van der Waals surface area (Å²) in [6.07, 6.45) is 4.20. The van der Waals surface area contributed by atoms with Crippen molar-refractivity contribution in [3.8, 4) is 11.5 Å². The molecule has 0 heterocycles. The molecule has 1 saturated carbocycles. The molecule has 0 saturated heterocycles.